The van der Waals surface area contributed by atoms with Crippen molar-refractivity contribution in [2.45, 2.75) is 77.0 Å². The first-order valence-corrected chi connectivity index (χ1v) is 7.54. The summed E-state index contributed by atoms with van der Waals surface area (Å²) in [5, 5.41) is 6.70. The molecule has 0 aliphatic heterocycles. The van der Waals surface area contributed by atoms with Crippen LogP contribution in [0.2, 0.25) is 0 Å². The van der Waals surface area contributed by atoms with E-state index in [1.54, 1.807) is 7.11 Å². The Balaban J connectivity index is 2.23. The van der Waals surface area contributed by atoms with Gasteiger partial charge in [-0.15, -0.1) is 0 Å². The number of hydrogen-bond donors (Lipinski definition) is 2. The summed E-state index contributed by atoms with van der Waals surface area (Å²) < 4.78 is 5.29. The van der Waals surface area contributed by atoms with Crippen molar-refractivity contribution in [1.29, 1.82) is 0 Å². The number of rotatable bonds is 7. The fraction of sp³-hybridized carbons (Fsp3) is 0.933. The minimum absolute atomic E-state index is 0.108. The molecule has 0 bridgehead atoms. The summed E-state index contributed by atoms with van der Waals surface area (Å²) in [7, 11) is 1.65. The van der Waals surface area contributed by atoms with Gasteiger partial charge in [-0.2, -0.15) is 0 Å². The lowest BCUT2D eigenvalue weighted by Crippen LogP contribution is -2.44. The van der Waals surface area contributed by atoms with Crippen molar-refractivity contribution in [3.63, 3.8) is 0 Å². The van der Waals surface area contributed by atoms with Crippen molar-refractivity contribution in [1.82, 2.24) is 10.6 Å². The zero-order valence-corrected chi connectivity index (χ0v) is 12.9. The first-order chi connectivity index (χ1) is 8.96. The van der Waals surface area contributed by atoms with Crippen LogP contribution >= 0.6 is 0 Å². The van der Waals surface area contributed by atoms with Crippen molar-refractivity contribution in [2.24, 2.45) is 0 Å². The van der Waals surface area contributed by atoms with Crippen LogP contribution in [0.5, 0.6) is 0 Å². The lowest BCUT2D eigenvalue weighted by Gasteiger charge is -2.31. The van der Waals surface area contributed by atoms with E-state index in [9.17, 15) is 4.79 Å². The smallest absolute Gasteiger partial charge is 0.223 e. The highest BCUT2D eigenvalue weighted by molar-refractivity contribution is 5.77. The fourth-order valence-corrected chi connectivity index (χ4v) is 2.53. The van der Waals surface area contributed by atoms with E-state index < -0.39 is 0 Å². The molecule has 0 radical (unpaired) electrons. The van der Waals surface area contributed by atoms with Crippen LogP contribution in [0.15, 0.2) is 0 Å². The number of ether oxygens (including phenoxy) is 1. The van der Waals surface area contributed by atoms with Gasteiger partial charge in [-0.3, -0.25) is 4.79 Å². The first kappa shape index (κ1) is 16.4. The molecule has 4 nitrogen and oxygen atoms in total. The molecule has 1 amide bonds. The second kappa shape index (κ2) is 7.85. The second-order valence-electron chi connectivity index (χ2n) is 6.21. The quantitative estimate of drug-likeness (QED) is 0.746. The molecule has 1 fully saturated rings. The molecule has 1 saturated carbocycles. The molecule has 1 rings (SSSR count). The lowest BCUT2D eigenvalue weighted by molar-refractivity contribution is -0.127. The monoisotopic (exact) mass is 270 g/mol. The van der Waals surface area contributed by atoms with E-state index >= 15 is 0 Å². The summed E-state index contributed by atoms with van der Waals surface area (Å²) in [5.41, 5.74) is -0.371. The minimum Gasteiger partial charge on any atom is -0.378 e. The molecule has 0 aromatic heterocycles. The van der Waals surface area contributed by atoms with E-state index in [4.69, 9.17) is 4.74 Å². The molecular formula is C15H30N2O2. The lowest BCUT2D eigenvalue weighted by atomic mass is 9.90. The molecule has 1 aliphatic carbocycles. The summed E-state index contributed by atoms with van der Waals surface area (Å²) in [4.78, 5) is 11.9. The minimum atomic E-state index is -0.371. The summed E-state index contributed by atoms with van der Waals surface area (Å²) in [6.07, 6.45) is 6.11. The maximum absolute atomic E-state index is 11.9. The molecule has 19 heavy (non-hydrogen) atoms. The number of nitrogens with one attached hydrogen (secondary N) is 2. The SMILES string of the molecule is CCCNC1CCC(NC(=O)CC(C)(C)OC)CC1. The molecule has 4 heteroatoms. The Bertz CT molecular complexity index is 271. The van der Waals surface area contributed by atoms with Gasteiger partial charge in [0.15, 0.2) is 0 Å². The predicted molar refractivity (Wildman–Crippen MR) is 78.2 cm³/mol. The third-order valence-electron chi connectivity index (χ3n) is 3.91. The topological polar surface area (TPSA) is 50.4 Å². The van der Waals surface area contributed by atoms with Gasteiger partial charge in [0.25, 0.3) is 0 Å². The Morgan fingerprint density at radius 2 is 1.79 bits per heavy atom. The van der Waals surface area contributed by atoms with Gasteiger partial charge in [-0.05, 0) is 52.5 Å². The van der Waals surface area contributed by atoms with Gasteiger partial charge in [-0.25, -0.2) is 0 Å². The van der Waals surface area contributed by atoms with Gasteiger partial charge in [0.05, 0.1) is 12.0 Å². The molecule has 2 N–H and O–H groups in total. The molecule has 0 spiro atoms. The highest BCUT2D eigenvalue weighted by Crippen LogP contribution is 2.19. The molecule has 0 atom stereocenters. The van der Waals surface area contributed by atoms with Gasteiger partial charge >= 0.3 is 0 Å². The largest absolute Gasteiger partial charge is 0.378 e. The van der Waals surface area contributed by atoms with Crippen LogP contribution in [-0.4, -0.2) is 37.2 Å². The number of amides is 1. The van der Waals surface area contributed by atoms with Crippen molar-refractivity contribution in [3.8, 4) is 0 Å². The Labute approximate surface area is 117 Å². The number of carbonyl (C=O) groups is 1. The maximum Gasteiger partial charge on any atom is 0.223 e. The van der Waals surface area contributed by atoms with Gasteiger partial charge in [0, 0.05) is 19.2 Å². The Morgan fingerprint density at radius 3 is 2.32 bits per heavy atom. The van der Waals surface area contributed by atoms with Crippen LogP contribution in [0.25, 0.3) is 0 Å². The summed E-state index contributed by atoms with van der Waals surface area (Å²) in [6, 6.07) is 0.989. The Kier molecular flexibility index (Phi) is 6.80. The average molecular weight is 270 g/mol. The average Bonchev–Trinajstić information content (AvgIpc) is 2.37. The molecular weight excluding hydrogens is 240 g/mol. The highest BCUT2D eigenvalue weighted by atomic mass is 16.5. The van der Waals surface area contributed by atoms with Crippen molar-refractivity contribution < 1.29 is 9.53 Å². The summed E-state index contributed by atoms with van der Waals surface area (Å²) in [5.74, 6) is 0.108. The van der Waals surface area contributed by atoms with E-state index in [2.05, 4.69) is 17.6 Å². The molecule has 112 valence electrons. The van der Waals surface area contributed by atoms with Gasteiger partial charge < -0.3 is 15.4 Å². The van der Waals surface area contributed by atoms with E-state index in [1.807, 2.05) is 13.8 Å². The second-order valence-corrected chi connectivity index (χ2v) is 6.21. The zero-order chi connectivity index (χ0) is 14.3. The van der Waals surface area contributed by atoms with Crippen LogP contribution in [0.1, 0.15) is 59.3 Å². The van der Waals surface area contributed by atoms with Crippen molar-refractivity contribution >= 4 is 5.91 Å². The van der Waals surface area contributed by atoms with E-state index in [0.29, 0.717) is 18.5 Å². The first-order valence-electron chi connectivity index (χ1n) is 7.54. The molecule has 0 saturated heterocycles. The maximum atomic E-state index is 11.9. The van der Waals surface area contributed by atoms with Crippen LogP contribution in [0.4, 0.5) is 0 Å². The van der Waals surface area contributed by atoms with Gasteiger partial charge in [0.2, 0.25) is 5.91 Å². The molecule has 1 aliphatic rings. The number of carbonyl (C=O) groups excluding carboxylic acids is 1. The molecule has 0 heterocycles. The van der Waals surface area contributed by atoms with E-state index in [0.717, 1.165) is 19.4 Å². The summed E-state index contributed by atoms with van der Waals surface area (Å²) in [6.45, 7) is 7.18. The highest BCUT2D eigenvalue weighted by Gasteiger charge is 2.25. The third-order valence-corrected chi connectivity index (χ3v) is 3.91. The van der Waals surface area contributed by atoms with Crippen molar-refractivity contribution in [3.05, 3.63) is 0 Å². The van der Waals surface area contributed by atoms with Gasteiger partial charge in [0.1, 0.15) is 0 Å². The predicted octanol–water partition coefficient (Wildman–Crippen LogP) is 2.23. The molecule has 0 aromatic rings. The standard InChI is InChI=1S/C15H30N2O2/c1-5-10-16-12-6-8-13(9-7-12)17-14(18)11-15(2,3)19-4/h12-13,16H,5-11H2,1-4H3,(H,17,18). The third kappa shape index (κ3) is 6.39. The number of methoxy groups -OCH3 is 1. The van der Waals surface area contributed by atoms with Crippen LogP contribution in [0.3, 0.4) is 0 Å². The van der Waals surface area contributed by atoms with Crippen LogP contribution in [-0.2, 0) is 9.53 Å². The van der Waals surface area contributed by atoms with Crippen LogP contribution < -0.4 is 10.6 Å². The molecule has 0 aromatic carbocycles. The Hall–Kier alpha value is -0.610. The number of hydrogen-bond acceptors (Lipinski definition) is 3. The Morgan fingerprint density at radius 1 is 1.21 bits per heavy atom. The van der Waals surface area contributed by atoms with Crippen LogP contribution in [0, 0.1) is 0 Å². The summed E-state index contributed by atoms with van der Waals surface area (Å²) >= 11 is 0. The fourth-order valence-electron chi connectivity index (χ4n) is 2.53. The normalized spacial score (nSPS) is 24.2. The van der Waals surface area contributed by atoms with Gasteiger partial charge in [-0.1, -0.05) is 6.92 Å². The van der Waals surface area contributed by atoms with E-state index in [-0.39, 0.29) is 11.5 Å². The van der Waals surface area contributed by atoms with Crippen molar-refractivity contribution in [2.75, 3.05) is 13.7 Å². The zero-order valence-electron chi connectivity index (χ0n) is 12.9. The molecule has 0 unspecified atom stereocenters. The van der Waals surface area contributed by atoms with E-state index in [1.165, 1.54) is 19.3 Å².